The Morgan fingerprint density at radius 2 is 2.06 bits per heavy atom. The van der Waals surface area contributed by atoms with Gasteiger partial charge in [0.1, 0.15) is 11.6 Å². The molecule has 0 aliphatic rings. The Labute approximate surface area is 99.7 Å². The fourth-order valence-electron chi connectivity index (χ4n) is 1.55. The second-order valence-electron chi connectivity index (χ2n) is 3.91. The average Bonchev–Trinajstić information content (AvgIpc) is 2.31. The van der Waals surface area contributed by atoms with E-state index < -0.39 is 0 Å². The normalized spacial score (nSPS) is 10.3. The highest BCUT2D eigenvalue weighted by molar-refractivity contribution is 5.46. The van der Waals surface area contributed by atoms with E-state index in [-0.39, 0.29) is 5.82 Å². The zero-order valence-corrected chi connectivity index (χ0v) is 9.87. The van der Waals surface area contributed by atoms with Crippen molar-refractivity contribution in [2.75, 3.05) is 5.32 Å². The van der Waals surface area contributed by atoms with Gasteiger partial charge in [0.25, 0.3) is 0 Å². The summed E-state index contributed by atoms with van der Waals surface area (Å²) in [6.45, 7) is 4.20. The summed E-state index contributed by atoms with van der Waals surface area (Å²) in [6, 6.07) is 6.82. The maximum atomic E-state index is 13.1. The smallest absolute Gasteiger partial charge is 0.126 e. The van der Waals surface area contributed by atoms with E-state index in [2.05, 4.69) is 15.3 Å². The molecule has 4 heteroatoms. The molecule has 0 aliphatic carbocycles. The highest BCUT2D eigenvalue weighted by Crippen LogP contribution is 2.14. The molecule has 0 fully saturated rings. The molecule has 0 spiro atoms. The Morgan fingerprint density at radius 3 is 2.76 bits per heavy atom. The number of anilines is 1. The van der Waals surface area contributed by atoms with Gasteiger partial charge in [0.2, 0.25) is 0 Å². The molecule has 3 nitrogen and oxygen atoms in total. The van der Waals surface area contributed by atoms with Gasteiger partial charge in [-0.25, -0.2) is 14.4 Å². The first kappa shape index (κ1) is 11.5. The minimum Gasteiger partial charge on any atom is -0.379 e. The number of nitrogens with zero attached hydrogens (tertiary/aromatic N) is 2. The molecule has 2 aromatic rings. The molecule has 0 saturated carbocycles. The number of hydrogen-bond acceptors (Lipinski definition) is 3. The minimum absolute atomic E-state index is 0.187. The fraction of sp³-hybridized carbons (Fsp3) is 0.231. The molecule has 1 N–H and O–H groups in total. The molecule has 0 saturated heterocycles. The van der Waals surface area contributed by atoms with E-state index in [0.29, 0.717) is 12.1 Å². The lowest BCUT2D eigenvalue weighted by molar-refractivity contribution is 0.618. The van der Waals surface area contributed by atoms with Crippen LogP contribution in [-0.2, 0) is 6.54 Å². The van der Waals surface area contributed by atoms with Crippen molar-refractivity contribution in [2.24, 2.45) is 0 Å². The average molecular weight is 231 g/mol. The van der Waals surface area contributed by atoms with Crippen LogP contribution in [0, 0.1) is 19.7 Å². The molecule has 0 radical (unpaired) electrons. The van der Waals surface area contributed by atoms with Crippen molar-refractivity contribution in [3.63, 3.8) is 0 Å². The van der Waals surface area contributed by atoms with Gasteiger partial charge in [-0.15, -0.1) is 0 Å². The van der Waals surface area contributed by atoms with Crippen molar-refractivity contribution in [3.8, 4) is 0 Å². The van der Waals surface area contributed by atoms with Crippen LogP contribution in [0.1, 0.15) is 17.1 Å². The van der Waals surface area contributed by atoms with E-state index in [1.807, 2.05) is 13.0 Å². The van der Waals surface area contributed by atoms with E-state index in [4.69, 9.17) is 0 Å². The van der Waals surface area contributed by atoms with Crippen molar-refractivity contribution in [1.82, 2.24) is 9.97 Å². The molecule has 1 aromatic heterocycles. The van der Waals surface area contributed by atoms with Gasteiger partial charge in [0.05, 0.1) is 12.2 Å². The van der Waals surface area contributed by atoms with Gasteiger partial charge < -0.3 is 5.32 Å². The Bertz CT molecular complexity index is 526. The molecule has 0 amide bonds. The van der Waals surface area contributed by atoms with E-state index in [1.165, 1.54) is 6.07 Å². The first-order valence-electron chi connectivity index (χ1n) is 5.44. The lowest BCUT2D eigenvalue weighted by Gasteiger charge is -2.07. The molecular weight excluding hydrogens is 217 g/mol. The predicted octanol–water partition coefficient (Wildman–Crippen LogP) is 2.84. The van der Waals surface area contributed by atoms with Crippen LogP contribution in [-0.4, -0.2) is 9.97 Å². The monoisotopic (exact) mass is 231 g/mol. The molecule has 0 atom stereocenters. The van der Waals surface area contributed by atoms with Crippen molar-refractivity contribution < 1.29 is 4.39 Å². The lowest BCUT2D eigenvalue weighted by atomic mass is 10.2. The first-order chi connectivity index (χ1) is 8.15. The minimum atomic E-state index is -0.187. The second kappa shape index (κ2) is 4.91. The van der Waals surface area contributed by atoms with Gasteiger partial charge in [-0.1, -0.05) is 0 Å². The summed E-state index contributed by atoms with van der Waals surface area (Å²) in [6.07, 6.45) is 1.73. The SMILES string of the molecule is Cc1nccc(CNc2ccc(F)c(C)c2)n1. The van der Waals surface area contributed by atoms with Crippen LogP contribution in [0.4, 0.5) is 10.1 Å². The van der Waals surface area contributed by atoms with E-state index in [1.54, 1.807) is 25.3 Å². The van der Waals surface area contributed by atoms with Crippen molar-refractivity contribution in [2.45, 2.75) is 20.4 Å². The van der Waals surface area contributed by atoms with Crippen molar-refractivity contribution >= 4 is 5.69 Å². The number of aromatic nitrogens is 2. The van der Waals surface area contributed by atoms with Crippen LogP contribution < -0.4 is 5.32 Å². The summed E-state index contributed by atoms with van der Waals surface area (Å²) >= 11 is 0. The van der Waals surface area contributed by atoms with Crippen LogP contribution in [0.3, 0.4) is 0 Å². The lowest BCUT2D eigenvalue weighted by Crippen LogP contribution is -2.03. The predicted molar refractivity (Wildman–Crippen MR) is 65.2 cm³/mol. The van der Waals surface area contributed by atoms with Crippen molar-refractivity contribution in [3.05, 3.63) is 53.4 Å². The van der Waals surface area contributed by atoms with Gasteiger partial charge in [-0.3, -0.25) is 0 Å². The number of aryl methyl sites for hydroxylation is 2. The molecule has 0 bridgehead atoms. The highest BCUT2D eigenvalue weighted by Gasteiger charge is 2.00. The summed E-state index contributed by atoms with van der Waals surface area (Å²) in [5.74, 6) is 0.563. The maximum Gasteiger partial charge on any atom is 0.126 e. The molecule has 17 heavy (non-hydrogen) atoms. The van der Waals surface area contributed by atoms with Gasteiger partial charge >= 0.3 is 0 Å². The summed E-state index contributed by atoms with van der Waals surface area (Å²) in [5.41, 5.74) is 2.44. The molecule has 88 valence electrons. The molecule has 0 unspecified atom stereocenters. The molecule has 1 heterocycles. The Balaban J connectivity index is 2.05. The van der Waals surface area contributed by atoms with E-state index >= 15 is 0 Å². The third kappa shape index (κ3) is 3.00. The van der Waals surface area contributed by atoms with Crippen LogP contribution in [0.25, 0.3) is 0 Å². The standard InChI is InChI=1S/C13H14FN3/c1-9-7-11(3-4-13(9)14)16-8-12-5-6-15-10(2)17-12/h3-7,16H,8H2,1-2H3. The molecule has 1 aromatic carbocycles. The number of rotatable bonds is 3. The van der Waals surface area contributed by atoms with Crippen molar-refractivity contribution in [1.29, 1.82) is 0 Å². The zero-order chi connectivity index (χ0) is 12.3. The fourth-order valence-corrected chi connectivity index (χ4v) is 1.55. The quantitative estimate of drug-likeness (QED) is 0.882. The van der Waals surface area contributed by atoms with Gasteiger partial charge in [0, 0.05) is 11.9 Å². The first-order valence-corrected chi connectivity index (χ1v) is 5.44. The summed E-state index contributed by atoms with van der Waals surface area (Å²) < 4.78 is 13.1. The highest BCUT2D eigenvalue weighted by atomic mass is 19.1. The van der Waals surface area contributed by atoms with Gasteiger partial charge in [-0.05, 0) is 43.7 Å². The number of halogens is 1. The Hall–Kier alpha value is -1.97. The third-order valence-electron chi connectivity index (χ3n) is 2.47. The van der Waals surface area contributed by atoms with Crippen LogP contribution >= 0.6 is 0 Å². The largest absolute Gasteiger partial charge is 0.379 e. The van der Waals surface area contributed by atoms with Gasteiger partial charge in [-0.2, -0.15) is 0 Å². The van der Waals surface area contributed by atoms with Crippen LogP contribution in [0.5, 0.6) is 0 Å². The van der Waals surface area contributed by atoms with E-state index in [9.17, 15) is 4.39 Å². The number of hydrogen-bond donors (Lipinski definition) is 1. The third-order valence-corrected chi connectivity index (χ3v) is 2.47. The van der Waals surface area contributed by atoms with Gasteiger partial charge in [0.15, 0.2) is 0 Å². The van der Waals surface area contributed by atoms with Crippen LogP contribution in [0.2, 0.25) is 0 Å². The van der Waals surface area contributed by atoms with E-state index in [0.717, 1.165) is 17.2 Å². The second-order valence-corrected chi connectivity index (χ2v) is 3.91. The molecule has 0 aliphatic heterocycles. The maximum absolute atomic E-state index is 13.1. The van der Waals surface area contributed by atoms with Crippen LogP contribution in [0.15, 0.2) is 30.5 Å². The summed E-state index contributed by atoms with van der Waals surface area (Å²) in [4.78, 5) is 8.31. The Kier molecular flexibility index (Phi) is 3.32. The number of nitrogens with one attached hydrogen (secondary N) is 1. The number of benzene rings is 1. The summed E-state index contributed by atoms with van der Waals surface area (Å²) in [7, 11) is 0. The topological polar surface area (TPSA) is 37.8 Å². The summed E-state index contributed by atoms with van der Waals surface area (Å²) in [5, 5.41) is 3.20. The molecular formula is C13H14FN3. The zero-order valence-electron chi connectivity index (χ0n) is 9.87. The molecule has 2 rings (SSSR count). The Morgan fingerprint density at radius 1 is 1.24 bits per heavy atom.